The lowest BCUT2D eigenvalue weighted by Gasteiger charge is -2.36. The second-order valence-corrected chi connectivity index (χ2v) is 6.88. The molecule has 1 fully saturated rings. The van der Waals surface area contributed by atoms with E-state index in [-0.39, 0.29) is 6.10 Å². The van der Waals surface area contributed by atoms with E-state index in [1.54, 1.807) is 18.2 Å². The molecule has 0 saturated heterocycles. The van der Waals surface area contributed by atoms with Gasteiger partial charge in [0.15, 0.2) is 0 Å². The lowest BCUT2D eigenvalue weighted by atomic mass is 9.75. The molecule has 1 aromatic rings. The van der Waals surface area contributed by atoms with Gasteiger partial charge in [0.1, 0.15) is 11.7 Å². The number of nitrogen functional groups attached to an aromatic ring is 1. The molecule has 0 aromatic heterocycles. The van der Waals surface area contributed by atoms with Crippen molar-refractivity contribution < 1.29 is 9.53 Å². The van der Waals surface area contributed by atoms with Gasteiger partial charge in [-0.1, -0.05) is 44.9 Å². The summed E-state index contributed by atoms with van der Waals surface area (Å²) in [4.78, 5) is 12.4. The average Bonchev–Trinajstić information content (AvgIpc) is 2.38. The minimum atomic E-state index is -0.400. The molecule has 0 heterocycles. The smallest absolute Gasteiger partial charge is 0.342 e. The Morgan fingerprint density at radius 3 is 2.71 bits per heavy atom. The lowest BCUT2D eigenvalue weighted by Crippen LogP contribution is -2.36. The van der Waals surface area contributed by atoms with Crippen LogP contribution in [0, 0.1) is 17.8 Å². The van der Waals surface area contributed by atoms with Gasteiger partial charge in [-0.25, -0.2) is 4.79 Å². The van der Waals surface area contributed by atoms with Crippen LogP contribution in [0.15, 0.2) is 18.2 Å². The first kappa shape index (κ1) is 16.2. The number of carbonyl (C=O) groups is 1. The van der Waals surface area contributed by atoms with Crippen molar-refractivity contribution in [2.45, 2.75) is 46.1 Å². The highest BCUT2D eigenvalue weighted by molar-refractivity contribution is 6.34. The van der Waals surface area contributed by atoms with E-state index < -0.39 is 5.97 Å². The Hall–Kier alpha value is -1.22. The number of ether oxygens (including phenoxy) is 1. The second kappa shape index (κ2) is 6.69. The van der Waals surface area contributed by atoms with E-state index in [0.29, 0.717) is 34.0 Å². The van der Waals surface area contributed by atoms with Crippen molar-refractivity contribution in [3.63, 3.8) is 0 Å². The maximum absolute atomic E-state index is 12.4. The highest BCUT2D eigenvalue weighted by atomic mass is 35.5. The fourth-order valence-corrected chi connectivity index (χ4v) is 3.46. The molecule has 4 heteroatoms. The van der Waals surface area contributed by atoms with Crippen LogP contribution >= 0.6 is 11.6 Å². The molecular formula is C17H24ClNO2. The molecule has 2 rings (SSSR count). The van der Waals surface area contributed by atoms with Crippen LogP contribution in [0.4, 0.5) is 5.69 Å². The quantitative estimate of drug-likeness (QED) is 0.658. The van der Waals surface area contributed by atoms with Gasteiger partial charge in [0.05, 0.1) is 5.02 Å². The summed E-state index contributed by atoms with van der Waals surface area (Å²) in [7, 11) is 0. The molecule has 0 amide bonds. The van der Waals surface area contributed by atoms with Gasteiger partial charge in [0.25, 0.3) is 0 Å². The predicted molar refractivity (Wildman–Crippen MR) is 86.4 cm³/mol. The van der Waals surface area contributed by atoms with Gasteiger partial charge in [-0.2, -0.15) is 0 Å². The summed E-state index contributed by atoms with van der Waals surface area (Å²) >= 11 is 6.09. The molecule has 1 aromatic carbocycles. The van der Waals surface area contributed by atoms with E-state index in [9.17, 15) is 4.79 Å². The topological polar surface area (TPSA) is 52.3 Å². The van der Waals surface area contributed by atoms with Crippen LogP contribution in [0.5, 0.6) is 0 Å². The maximum atomic E-state index is 12.4. The Morgan fingerprint density at radius 2 is 2.10 bits per heavy atom. The number of esters is 1. The van der Waals surface area contributed by atoms with Crippen molar-refractivity contribution in [1.29, 1.82) is 0 Å². The van der Waals surface area contributed by atoms with Crippen LogP contribution in [-0.4, -0.2) is 12.1 Å². The molecular weight excluding hydrogens is 286 g/mol. The van der Waals surface area contributed by atoms with Gasteiger partial charge in [-0.15, -0.1) is 0 Å². The zero-order chi connectivity index (χ0) is 15.6. The highest BCUT2D eigenvalue weighted by Crippen LogP contribution is 2.36. The fourth-order valence-electron chi connectivity index (χ4n) is 3.20. The number of nitrogens with two attached hydrogens (primary N) is 1. The van der Waals surface area contributed by atoms with Crippen molar-refractivity contribution in [3.05, 3.63) is 28.8 Å². The molecule has 2 N–H and O–H groups in total. The summed E-state index contributed by atoms with van der Waals surface area (Å²) in [5, 5.41) is 0.352. The summed E-state index contributed by atoms with van der Waals surface area (Å²) < 4.78 is 5.78. The monoisotopic (exact) mass is 309 g/mol. The molecule has 21 heavy (non-hydrogen) atoms. The largest absolute Gasteiger partial charge is 0.458 e. The number of hydrogen-bond donors (Lipinski definition) is 1. The Bertz CT molecular complexity index is 495. The number of anilines is 1. The maximum Gasteiger partial charge on any atom is 0.342 e. The first-order valence-electron chi connectivity index (χ1n) is 7.65. The van der Waals surface area contributed by atoms with E-state index >= 15 is 0 Å². The molecule has 1 saturated carbocycles. The predicted octanol–water partition coefficient (Wildman–Crippen LogP) is 4.54. The third kappa shape index (κ3) is 3.70. The van der Waals surface area contributed by atoms with Gasteiger partial charge < -0.3 is 10.5 Å². The Morgan fingerprint density at radius 1 is 1.38 bits per heavy atom. The lowest BCUT2D eigenvalue weighted by molar-refractivity contribution is -0.0172. The van der Waals surface area contributed by atoms with Crippen LogP contribution in [0.1, 0.15) is 50.4 Å². The third-order valence-electron chi connectivity index (χ3n) is 4.47. The highest BCUT2D eigenvalue weighted by Gasteiger charge is 2.34. The Kier molecular flexibility index (Phi) is 5.15. The van der Waals surface area contributed by atoms with E-state index in [2.05, 4.69) is 20.8 Å². The van der Waals surface area contributed by atoms with E-state index in [1.165, 1.54) is 6.42 Å². The van der Waals surface area contributed by atoms with Gasteiger partial charge in [-0.05, 0) is 42.7 Å². The third-order valence-corrected chi connectivity index (χ3v) is 4.78. The van der Waals surface area contributed by atoms with Crippen molar-refractivity contribution in [2.75, 3.05) is 5.73 Å². The average molecular weight is 310 g/mol. The first-order chi connectivity index (χ1) is 9.90. The van der Waals surface area contributed by atoms with Gasteiger partial charge in [0, 0.05) is 5.69 Å². The van der Waals surface area contributed by atoms with Gasteiger partial charge in [0.2, 0.25) is 0 Å². The molecule has 1 aliphatic carbocycles. The first-order valence-corrected chi connectivity index (χ1v) is 8.03. The fraction of sp³-hybridized carbons (Fsp3) is 0.588. The SMILES string of the molecule is CC1CCC(C(C)C)C(OC(=O)c2c(N)cccc2Cl)C1. The Labute approximate surface area is 131 Å². The second-order valence-electron chi connectivity index (χ2n) is 6.47. The van der Waals surface area contributed by atoms with Crippen LogP contribution in [-0.2, 0) is 4.74 Å². The summed E-state index contributed by atoms with van der Waals surface area (Å²) in [5.74, 6) is 1.09. The molecule has 3 atom stereocenters. The zero-order valence-corrected chi connectivity index (χ0v) is 13.7. The number of halogens is 1. The van der Waals surface area contributed by atoms with E-state index in [0.717, 1.165) is 12.8 Å². The summed E-state index contributed by atoms with van der Waals surface area (Å²) in [5.41, 5.74) is 6.53. The van der Waals surface area contributed by atoms with Crippen LogP contribution < -0.4 is 5.73 Å². The van der Waals surface area contributed by atoms with Crippen LogP contribution in [0.3, 0.4) is 0 Å². The van der Waals surface area contributed by atoms with Crippen LogP contribution in [0.2, 0.25) is 5.02 Å². The molecule has 116 valence electrons. The molecule has 0 spiro atoms. The number of hydrogen-bond acceptors (Lipinski definition) is 3. The zero-order valence-electron chi connectivity index (χ0n) is 12.9. The molecule has 0 aliphatic heterocycles. The van der Waals surface area contributed by atoms with Crippen molar-refractivity contribution in [3.8, 4) is 0 Å². The molecule has 1 aliphatic rings. The summed E-state index contributed by atoms with van der Waals surface area (Å²) in [6.07, 6.45) is 3.18. The van der Waals surface area contributed by atoms with Crippen molar-refractivity contribution in [1.82, 2.24) is 0 Å². The van der Waals surface area contributed by atoms with Gasteiger partial charge in [-0.3, -0.25) is 0 Å². The molecule has 0 radical (unpaired) electrons. The van der Waals surface area contributed by atoms with E-state index in [4.69, 9.17) is 22.1 Å². The normalized spacial score (nSPS) is 25.9. The summed E-state index contributed by atoms with van der Waals surface area (Å²) in [6.45, 7) is 6.58. The van der Waals surface area contributed by atoms with Gasteiger partial charge >= 0.3 is 5.97 Å². The minimum Gasteiger partial charge on any atom is -0.458 e. The number of carbonyl (C=O) groups excluding carboxylic acids is 1. The number of rotatable bonds is 3. The number of benzene rings is 1. The molecule has 3 unspecified atom stereocenters. The van der Waals surface area contributed by atoms with Crippen molar-refractivity contribution in [2.24, 2.45) is 17.8 Å². The Balaban J connectivity index is 2.17. The summed E-state index contributed by atoms with van der Waals surface area (Å²) in [6, 6.07) is 5.07. The standard InChI is InChI=1S/C17H24ClNO2/c1-10(2)12-8-7-11(3)9-15(12)21-17(20)16-13(18)5-4-6-14(16)19/h4-6,10-12,15H,7-9,19H2,1-3H3. The minimum absolute atomic E-state index is 0.0445. The molecule has 3 nitrogen and oxygen atoms in total. The van der Waals surface area contributed by atoms with Crippen molar-refractivity contribution >= 4 is 23.3 Å². The van der Waals surface area contributed by atoms with E-state index in [1.807, 2.05) is 0 Å². The van der Waals surface area contributed by atoms with Crippen LogP contribution in [0.25, 0.3) is 0 Å². The molecule has 0 bridgehead atoms.